The summed E-state index contributed by atoms with van der Waals surface area (Å²) in [5.41, 5.74) is 1.32. The summed E-state index contributed by atoms with van der Waals surface area (Å²) >= 11 is 0. The van der Waals surface area contributed by atoms with Crippen molar-refractivity contribution in [3.05, 3.63) is 35.9 Å². The lowest BCUT2D eigenvalue weighted by Gasteiger charge is -2.01. The van der Waals surface area contributed by atoms with E-state index in [2.05, 4.69) is 23.8 Å². The third-order valence-electron chi connectivity index (χ3n) is 1.57. The lowest BCUT2D eigenvalue weighted by molar-refractivity contribution is -0.151. The maximum absolute atomic E-state index is 10.3. The molecule has 3 nitrogen and oxygen atoms in total. The van der Waals surface area contributed by atoms with Gasteiger partial charge in [0, 0.05) is 0 Å². The van der Waals surface area contributed by atoms with Crippen molar-refractivity contribution in [1.82, 2.24) is 0 Å². The second-order valence-electron chi connectivity index (χ2n) is 3.08. The monoisotopic (exact) mass is 210 g/mol. The fourth-order valence-corrected chi connectivity index (χ4v) is 0.797. The molecular weight excluding hydrogens is 192 g/mol. The van der Waals surface area contributed by atoms with Crippen molar-refractivity contribution in [2.24, 2.45) is 0 Å². The van der Waals surface area contributed by atoms with E-state index in [9.17, 15) is 4.79 Å². The molecule has 1 N–H and O–H groups in total. The fraction of sp³-hybridized carbons (Fsp3) is 0.417. The van der Waals surface area contributed by atoms with Crippen molar-refractivity contribution < 1.29 is 14.6 Å². The smallest absolute Gasteiger partial charge is 0.334 e. The van der Waals surface area contributed by atoms with Crippen molar-refractivity contribution >= 4 is 5.97 Å². The van der Waals surface area contributed by atoms with Gasteiger partial charge in [0.25, 0.3) is 0 Å². The minimum absolute atomic E-state index is 0.323. The molecule has 0 saturated heterocycles. The molecule has 1 unspecified atom stereocenters. The normalized spacial score (nSPS) is 10.9. The zero-order valence-electron chi connectivity index (χ0n) is 9.43. The highest BCUT2D eigenvalue weighted by atomic mass is 16.5. The quantitative estimate of drug-likeness (QED) is 0.759. The summed E-state index contributed by atoms with van der Waals surface area (Å²) in [6.07, 6.45) is -0.991. The van der Waals surface area contributed by atoms with Crippen molar-refractivity contribution in [1.29, 1.82) is 0 Å². The fourth-order valence-electron chi connectivity index (χ4n) is 0.797. The Labute approximate surface area is 90.7 Å². The number of hydrogen-bond donors (Lipinski definition) is 1. The number of aliphatic hydroxyl groups is 1. The molecule has 1 aromatic rings. The number of esters is 1. The Morgan fingerprint density at radius 2 is 1.93 bits per heavy atom. The molecule has 0 spiro atoms. The van der Waals surface area contributed by atoms with Gasteiger partial charge in [0.05, 0.1) is 6.61 Å². The van der Waals surface area contributed by atoms with Crippen LogP contribution in [-0.4, -0.2) is 23.8 Å². The predicted octanol–water partition coefficient (Wildman–Crippen LogP) is 1.93. The van der Waals surface area contributed by atoms with Crippen LogP contribution in [0.3, 0.4) is 0 Å². The van der Waals surface area contributed by atoms with E-state index in [1.54, 1.807) is 6.92 Å². The molecule has 0 fully saturated rings. The average molecular weight is 210 g/mol. The number of benzene rings is 1. The Morgan fingerprint density at radius 1 is 1.40 bits per heavy atom. The van der Waals surface area contributed by atoms with Gasteiger partial charge in [-0.2, -0.15) is 0 Å². The van der Waals surface area contributed by atoms with Crippen molar-refractivity contribution in [2.45, 2.75) is 26.9 Å². The van der Waals surface area contributed by atoms with Crippen LogP contribution < -0.4 is 0 Å². The molecule has 0 bridgehead atoms. The summed E-state index contributed by atoms with van der Waals surface area (Å²) in [5.74, 6) is -0.562. The summed E-state index contributed by atoms with van der Waals surface area (Å²) < 4.78 is 4.41. The van der Waals surface area contributed by atoms with Gasteiger partial charge in [-0.15, -0.1) is 0 Å². The molecule has 84 valence electrons. The van der Waals surface area contributed by atoms with Crippen LogP contribution in [0.25, 0.3) is 0 Å². The number of carbonyl (C=O) groups is 1. The van der Waals surface area contributed by atoms with Gasteiger partial charge < -0.3 is 9.84 Å². The molecule has 0 saturated carbocycles. The molecule has 0 aliphatic carbocycles. The number of aliphatic hydroxyl groups excluding tert-OH is 1. The maximum Gasteiger partial charge on any atom is 0.334 e. The number of hydrogen-bond acceptors (Lipinski definition) is 3. The molecule has 1 aromatic carbocycles. The molecule has 1 rings (SSSR count). The standard InChI is InChI=1S/C7H8.C5H10O3/c1-7-5-3-2-4-6-7;1-3-8-5(7)4(2)6/h2-6H,1H3;4,6H,3H2,1-2H3. The molecule has 0 aromatic heterocycles. The molecule has 1 atom stereocenters. The van der Waals surface area contributed by atoms with Crippen LogP contribution in [0.1, 0.15) is 19.4 Å². The van der Waals surface area contributed by atoms with Crippen LogP contribution in [0.15, 0.2) is 30.3 Å². The van der Waals surface area contributed by atoms with Crippen LogP contribution in [0.5, 0.6) is 0 Å². The number of carbonyl (C=O) groups excluding carboxylic acids is 1. The van der Waals surface area contributed by atoms with Gasteiger partial charge in [-0.25, -0.2) is 4.79 Å². The van der Waals surface area contributed by atoms with Gasteiger partial charge in [0.2, 0.25) is 0 Å². The highest BCUT2D eigenvalue weighted by Gasteiger charge is 2.07. The second-order valence-corrected chi connectivity index (χ2v) is 3.08. The van der Waals surface area contributed by atoms with E-state index in [1.807, 2.05) is 18.2 Å². The average Bonchev–Trinajstić information content (AvgIpc) is 2.20. The highest BCUT2D eigenvalue weighted by molar-refractivity contribution is 5.73. The van der Waals surface area contributed by atoms with E-state index in [0.717, 1.165) is 0 Å². The van der Waals surface area contributed by atoms with Gasteiger partial charge in [0.15, 0.2) is 0 Å². The molecule has 0 amide bonds. The van der Waals surface area contributed by atoms with Gasteiger partial charge in [-0.3, -0.25) is 0 Å². The summed E-state index contributed by atoms with van der Waals surface area (Å²) in [5, 5.41) is 8.48. The number of ether oxygens (including phenoxy) is 1. The topological polar surface area (TPSA) is 46.5 Å². The Balaban J connectivity index is 0.000000262. The predicted molar refractivity (Wildman–Crippen MR) is 59.5 cm³/mol. The van der Waals surface area contributed by atoms with Gasteiger partial charge >= 0.3 is 5.97 Å². The molecular formula is C12H18O3. The lowest BCUT2D eigenvalue weighted by atomic mass is 10.2. The van der Waals surface area contributed by atoms with Gasteiger partial charge in [-0.05, 0) is 20.8 Å². The van der Waals surface area contributed by atoms with Crippen LogP contribution in [0, 0.1) is 6.92 Å². The minimum Gasteiger partial charge on any atom is -0.464 e. The summed E-state index contributed by atoms with van der Waals surface area (Å²) in [4.78, 5) is 10.3. The molecule has 0 aliphatic heterocycles. The zero-order valence-corrected chi connectivity index (χ0v) is 9.43. The van der Waals surface area contributed by atoms with Gasteiger partial charge in [0.1, 0.15) is 6.10 Å². The SMILES string of the molecule is CCOC(=O)C(C)O.Cc1ccccc1. The largest absolute Gasteiger partial charge is 0.464 e. The Bertz CT molecular complexity index is 267. The molecule has 3 heteroatoms. The zero-order chi connectivity index (χ0) is 11.7. The molecule has 0 aliphatic rings. The van der Waals surface area contributed by atoms with Gasteiger partial charge in [-0.1, -0.05) is 35.9 Å². The van der Waals surface area contributed by atoms with Crippen molar-refractivity contribution in [2.75, 3.05) is 6.61 Å². The number of rotatable bonds is 2. The Kier molecular flexibility index (Phi) is 7.28. The van der Waals surface area contributed by atoms with Crippen molar-refractivity contribution in [3.8, 4) is 0 Å². The van der Waals surface area contributed by atoms with Crippen LogP contribution in [0.4, 0.5) is 0 Å². The second kappa shape index (κ2) is 8.00. The number of aryl methyl sites for hydroxylation is 1. The Morgan fingerprint density at radius 3 is 2.13 bits per heavy atom. The Hall–Kier alpha value is -1.35. The molecule has 0 radical (unpaired) electrons. The van der Waals surface area contributed by atoms with Crippen LogP contribution in [-0.2, 0) is 9.53 Å². The van der Waals surface area contributed by atoms with Crippen LogP contribution >= 0.6 is 0 Å². The van der Waals surface area contributed by atoms with Crippen molar-refractivity contribution in [3.63, 3.8) is 0 Å². The van der Waals surface area contributed by atoms with E-state index in [1.165, 1.54) is 12.5 Å². The van der Waals surface area contributed by atoms with E-state index in [0.29, 0.717) is 6.61 Å². The van der Waals surface area contributed by atoms with E-state index in [4.69, 9.17) is 5.11 Å². The first-order valence-electron chi connectivity index (χ1n) is 4.94. The maximum atomic E-state index is 10.3. The first kappa shape index (κ1) is 13.7. The first-order valence-corrected chi connectivity index (χ1v) is 4.94. The van der Waals surface area contributed by atoms with E-state index >= 15 is 0 Å². The first-order chi connectivity index (χ1) is 7.07. The van der Waals surface area contributed by atoms with E-state index in [-0.39, 0.29) is 0 Å². The summed E-state index contributed by atoms with van der Waals surface area (Å²) in [6.45, 7) is 5.47. The molecule has 15 heavy (non-hydrogen) atoms. The van der Waals surface area contributed by atoms with E-state index < -0.39 is 12.1 Å². The van der Waals surface area contributed by atoms with Crippen LogP contribution in [0.2, 0.25) is 0 Å². The third-order valence-corrected chi connectivity index (χ3v) is 1.57. The minimum atomic E-state index is -0.991. The summed E-state index contributed by atoms with van der Waals surface area (Å²) in [6, 6.07) is 10.3. The summed E-state index contributed by atoms with van der Waals surface area (Å²) in [7, 11) is 0. The molecule has 0 heterocycles. The lowest BCUT2D eigenvalue weighted by Crippen LogP contribution is -2.18. The third kappa shape index (κ3) is 7.70. The highest BCUT2D eigenvalue weighted by Crippen LogP contribution is 1.92.